The molecule has 0 bridgehead atoms. The SMILES string of the molecule is O=[N+]([O-])c1ccc2c(O)cccc2c1S(=O)(=O)O. The van der Waals surface area contributed by atoms with E-state index in [-0.39, 0.29) is 16.5 Å². The number of nitrogens with zero attached hydrogens (tertiary/aromatic N) is 1. The summed E-state index contributed by atoms with van der Waals surface area (Å²) < 4.78 is 31.6. The van der Waals surface area contributed by atoms with Crippen molar-refractivity contribution in [1.82, 2.24) is 0 Å². The minimum Gasteiger partial charge on any atom is -0.507 e. The summed E-state index contributed by atoms with van der Waals surface area (Å²) in [7, 11) is -4.77. The molecule has 0 unspecified atom stereocenters. The summed E-state index contributed by atoms with van der Waals surface area (Å²) in [5, 5.41) is 20.3. The van der Waals surface area contributed by atoms with E-state index < -0.39 is 25.6 Å². The molecular formula is C10H7NO6S. The highest BCUT2D eigenvalue weighted by Crippen LogP contribution is 2.35. The van der Waals surface area contributed by atoms with Crippen LogP contribution in [0, 0.1) is 10.1 Å². The monoisotopic (exact) mass is 269 g/mol. The van der Waals surface area contributed by atoms with Crippen LogP contribution in [0.1, 0.15) is 0 Å². The number of fused-ring (bicyclic) bond motifs is 1. The number of hydrogen-bond acceptors (Lipinski definition) is 5. The summed E-state index contributed by atoms with van der Waals surface area (Å²) in [4.78, 5) is 9.04. The lowest BCUT2D eigenvalue weighted by Crippen LogP contribution is -2.04. The average Bonchev–Trinajstić information content (AvgIpc) is 2.26. The van der Waals surface area contributed by atoms with Gasteiger partial charge in [-0.3, -0.25) is 14.7 Å². The topological polar surface area (TPSA) is 118 Å². The largest absolute Gasteiger partial charge is 0.507 e. The molecule has 0 fully saturated rings. The zero-order valence-corrected chi connectivity index (χ0v) is 9.59. The van der Waals surface area contributed by atoms with Crippen molar-refractivity contribution in [2.24, 2.45) is 0 Å². The van der Waals surface area contributed by atoms with Gasteiger partial charge in [-0.2, -0.15) is 8.42 Å². The molecule has 0 heterocycles. The number of benzene rings is 2. The number of aromatic hydroxyl groups is 1. The molecule has 2 aromatic rings. The van der Waals surface area contributed by atoms with E-state index in [0.29, 0.717) is 0 Å². The highest BCUT2D eigenvalue weighted by Gasteiger charge is 2.27. The van der Waals surface area contributed by atoms with E-state index in [2.05, 4.69) is 0 Å². The molecule has 0 aromatic heterocycles. The molecule has 0 saturated heterocycles. The Morgan fingerprint density at radius 3 is 2.33 bits per heavy atom. The third-order valence-electron chi connectivity index (χ3n) is 2.42. The van der Waals surface area contributed by atoms with Crippen molar-refractivity contribution in [3.63, 3.8) is 0 Å². The number of nitro groups is 1. The van der Waals surface area contributed by atoms with Crippen LogP contribution in [-0.2, 0) is 10.1 Å². The van der Waals surface area contributed by atoms with E-state index in [0.717, 1.165) is 6.07 Å². The van der Waals surface area contributed by atoms with Crippen LogP contribution in [0.2, 0.25) is 0 Å². The molecule has 8 heteroatoms. The highest BCUT2D eigenvalue weighted by molar-refractivity contribution is 7.86. The second kappa shape index (κ2) is 3.93. The predicted octanol–water partition coefficient (Wildman–Crippen LogP) is 1.70. The van der Waals surface area contributed by atoms with E-state index >= 15 is 0 Å². The lowest BCUT2D eigenvalue weighted by Gasteiger charge is -2.06. The molecule has 0 saturated carbocycles. The van der Waals surface area contributed by atoms with Crippen molar-refractivity contribution in [2.45, 2.75) is 4.90 Å². The molecule has 0 atom stereocenters. The van der Waals surface area contributed by atoms with Gasteiger partial charge in [-0.15, -0.1) is 0 Å². The standard InChI is InChI=1S/C10H7NO6S/c12-9-3-1-2-7-6(9)4-5-8(11(13)14)10(7)18(15,16)17/h1-5,12H,(H,15,16,17). The van der Waals surface area contributed by atoms with Gasteiger partial charge in [0.2, 0.25) is 0 Å². The van der Waals surface area contributed by atoms with Gasteiger partial charge >= 0.3 is 10.1 Å². The van der Waals surface area contributed by atoms with Crippen LogP contribution in [0.15, 0.2) is 35.2 Å². The van der Waals surface area contributed by atoms with Gasteiger partial charge in [0.15, 0.2) is 4.90 Å². The fraction of sp³-hybridized carbons (Fsp3) is 0. The van der Waals surface area contributed by atoms with Crippen LogP contribution in [-0.4, -0.2) is 23.0 Å². The Kier molecular flexibility index (Phi) is 2.68. The van der Waals surface area contributed by atoms with Crippen LogP contribution in [0.4, 0.5) is 5.69 Å². The summed E-state index contributed by atoms with van der Waals surface area (Å²) in [6.07, 6.45) is 0. The van der Waals surface area contributed by atoms with Gasteiger partial charge in [0.1, 0.15) is 5.75 Å². The molecule has 0 aliphatic heterocycles. The van der Waals surface area contributed by atoms with Crippen LogP contribution < -0.4 is 0 Å². The number of phenols is 1. The average molecular weight is 269 g/mol. The number of nitro benzene ring substituents is 1. The fourth-order valence-corrected chi connectivity index (χ4v) is 2.58. The van der Waals surface area contributed by atoms with Gasteiger partial charge in [-0.1, -0.05) is 12.1 Å². The third kappa shape index (κ3) is 1.87. The lowest BCUT2D eigenvalue weighted by atomic mass is 10.1. The van der Waals surface area contributed by atoms with E-state index in [9.17, 15) is 23.6 Å². The molecule has 2 rings (SSSR count). The molecule has 0 aliphatic carbocycles. The van der Waals surface area contributed by atoms with Gasteiger partial charge in [0.25, 0.3) is 5.69 Å². The molecular weight excluding hydrogens is 262 g/mol. The molecule has 0 radical (unpaired) electrons. The molecule has 94 valence electrons. The van der Waals surface area contributed by atoms with Gasteiger partial charge in [-0.25, -0.2) is 0 Å². The van der Waals surface area contributed by atoms with Gasteiger partial charge in [0.05, 0.1) is 4.92 Å². The number of phenolic OH excluding ortho intramolecular Hbond substituents is 1. The molecule has 7 nitrogen and oxygen atoms in total. The van der Waals surface area contributed by atoms with Crippen LogP contribution in [0.25, 0.3) is 10.8 Å². The van der Waals surface area contributed by atoms with E-state index in [4.69, 9.17) is 4.55 Å². The van der Waals surface area contributed by atoms with E-state index in [1.54, 1.807) is 0 Å². The smallest absolute Gasteiger partial charge is 0.302 e. The van der Waals surface area contributed by atoms with Crippen LogP contribution >= 0.6 is 0 Å². The van der Waals surface area contributed by atoms with Gasteiger partial charge in [0, 0.05) is 16.8 Å². The minimum absolute atomic E-state index is 0.105. The second-order valence-electron chi connectivity index (χ2n) is 3.52. The summed E-state index contributed by atoms with van der Waals surface area (Å²) in [5.41, 5.74) is -0.740. The second-order valence-corrected chi connectivity index (χ2v) is 4.88. The van der Waals surface area contributed by atoms with Crippen molar-refractivity contribution < 1.29 is 23.0 Å². The maximum atomic E-state index is 11.3. The quantitative estimate of drug-likeness (QED) is 0.486. The Labute approximate surface area is 101 Å². The summed E-state index contributed by atoms with van der Waals surface area (Å²) in [6, 6.07) is 6.05. The van der Waals surface area contributed by atoms with Crippen molar-refractivity contribution in [3.8, 4) is 5.75 Å². The summed E-state index contributed by atoms with van der Waals surface area (Å²) >= 11 is 0. The highest BCUT2D eigenvalue weighted by atomic mass is 32.2. The predicted molar refractivity (Wildman–Crippen MR) is 62.1 cm³/mol. The van der Waals surface area contributed by atoms with E-state index in [1.807, 2.05) is 0 Å². The van der Waals surface area contributed by atoms with Crippen molar-refractivity contribution in [1.29, 1.82) is 0 Å². The Morgan fingerprint density at radius 2 is 1.78 bits per heavy atom. The molecule has 0 amide bonds. The van der Waals surface area contributed by atoms with Crippen molar-refractivity contribution >= 4 is 26.6 Å². The molecule has 2 N–H and O–H groups in total. The Hall–Kier alpha value is -2.19. The summed E-state index contributed by atoms with van der Waals surface area (Å²) in [5.74, 6) is -0.229. The first-order valence-electron chi connectivity index (χ1n) is 4.69. The first-order valence-corrected chi connectivity index (χ1v) is 6.13. The normalized spacial score (nSPS) is 11.6. The fourth-order valence-electron chi connectivity index (χ4n) is 1.72. The number of rotatable bonds is 2. The van der Waals surface area contributed by atoms with Crippen molar-refractivity contribution in [3.05, 3.63) is 40.4 Å². The molecule has 0 spiro atoms. The van der Waals surface area contributed by atoms with Crippen molar-refractivity contribution in [2.75, 3.05) is 0 Å². The Morgan fingerprint density at radius 1 is 1.11 bits per heavy atom. The van der Waals surface area contributed by atoms with Crippen LogP contribution in [0.5, 0.6) is 5.75 Å². The Balaban J connectivity index is 3.05. The summed E-state index contributed by atoms with van der Waals surface area (Å²) in [6.45, 7) is 0. The minimum atomic E-state index is -4.77. The molecule has 18 heavy (non-hydrogen) atoms. The van der Waals surface area contributed by atoms with Crippen LogP contribution in [0.3, 0.4) is 0 Å². The maximum Gasteiger partial charge on any atom is 0.302 e. The zero-order valence-electron chi connectivity index (χ0n) is 8.77. The first-order chi connectivity index (χ1) is 8.32. The number of hydrogen-bond donors (Lipinski definition) is 2. The third-order valence-corrected chi connectivity index (χ3v) is 3.37. The van der Waals surface area contributed by atoms with Gasteiger partial charge in [-0.05, 0) is 12.1 Å². The maximum absolute atomic E-state index is 11.3. The Bertz CT molecular complexity index is 752. The molecule has 0 aliphatic rings. The molecule has 2 aromatic carbocycles. The first kappa shape index (κ1) is 12.3. The lowest BCUT2D eigenvalue weighted by molar-refractivity contribution is -0.387. The zero-order chi connectivity index (χ0) is 13.5. The van der Waals surface area contributed by atoms with Gasteiger partial charge < -0.3 is 5.11 Å². The van der Waals surface area contributed by atoms with E-state index in [1.165, 1.54) is 24.3 Å².